The number of hydrogen-bond acceptors (Lipinski definition) is 2. The molecule has 1 N–H and O–H groups in total. The first-order valence-electron chi connectivity index (χ1n) is 4.07. The van der Waals surface area contributed by atoms with Crippen LogP contribution < -0.4 is 5.32 Å². The van der Waals surface area contributed by atoms with E-state index in [1.165, 1.54) is 17.7 Å². The summed E-state index contributed by atoms with van der Waals surface area (Å²) in [5, 5.41) is 3.27. The van der Waals surface area contributed by atoms with Gasteiger partial charge in [0.05, 0.1) is 0 Å². The van der Waals surface area contributed by atoms with Gasteiger partial charge in [-0.1, -0.05) is 0 Å². The van der Waals surface area contributed by atoms with Gasteiger partial charge in [0, 0.05) is 18.0 Å². The third kappa shape index (κ3) is 0.979. The minimum absolute atomic E-state index is 0.530. The van der Waals surface area contributed by atoms with Crippen LogP contribution in [0.5, 0.6) is 0 Å². The number of nitrogens with one attached hydrogen (secondary N) is 1. The summed E-state index contributed by atoms with van der Waals surface area (Å²) in [6, 6.07) is 2.67. The summed E-state index contributed by atoms with van der Waals surface area (Å²) in [5.74, 6) is 2.22. The highest BCUT2D eigenvalue weighted by atomic mass is 16.3. The quantitative estimate of drug-likeness (QED) is 0.662. The molecule has 1 aliphatic rings. The van der Waals surface area contributed by atoms with E-state index < -0.39 is 0 Å². The van der Waals surface area contributed by atoms with Crippen LogP contribution in [0.15, 0.2) is 10.5 Å². The number of hydrogen-bond donors (Lipinski definition) is 1. The fourth-order valence-electron chi connectivity index (χ4n) is 1.80. The third-order valence-electron chi connectivity index (χ3n) is 2.35. The maximum Gasteiger partial charge on any atom is 0.109 e. The lowest BCUT2D eigenvalue weighted by molar-refractivity contribution is 0.485. The Hall–Kier alpha value is -0.760. The van der Waals surface area contributed by atoms with Gasteiger partial charge in [-0.05, 0) is 26.5 Å². The van der Waals surface area contributed by atoms with E-state index in [9.17, 15) is 0 Å². The van der Waals surface area contributed by atoms with E-state index in [1.54, 1.807) is 0 Å². The Morgan fingerprint density at radius 2 is 2.45 bits per heavy atom. The molecule has 0 saturated carbocycles. The molecule has 0 amide bonds. The van der Waals surface area contributed by atoms with E-state index in [4.69, 9.17) is 4.42 Å². The molecule has 1 aromatic heterocycles. The molecule has 1 aromatic rings. The lowest BCUT2D eigenvalue weighted by atomic mass is 10.2. The summed E-state index contributed by atoms with van der Waals surface area (Å²) in [7, 11) is 2.00. The van der Waals surface area contributed by atoms with Crippen molar-refractivity contribution in [2.24, 2.45) is 0 Å². The summed E-state index contributed by atoms with van der Waals surface area (Å²) >= 11 is 0. The maximum atomic E-state index is 5.52. The monoisotopic (exact) mass is 151 g/mol. The van der Waals surface area contributed by atoms with Crippen LogP contribution in [0.1, 0.15) is 29.5 Å². The van der Waals surface area contributed by atoms with Gasteiger partial charge in [-0.15, -0.1) is 0 Å². The highest BCUT2D eigenvalue weighted by molar-refractivity contribution is 5.29. The van der Waals surface area contributed by atoms with Crippen LogP contribution in [-0.2, 0) is 6.42 Å². The van der Waals surface area contributed by atoms with E-state index in [-0.39, 0.29) is 0 Å². The average Bonchev–Trinajstić information content (AvgIpc) is 2.45. The Labute approximate surface area is 66.6 Å². The third-order valence-corrected chi connectivity index (χ3v) is 2.35. The smallest absolute Gasteiger partial charge is 0.109 e. The van der Waals surface area contributed by atoms with Gasteiger partial charge in [-0.25, -0.2) is 0 Å². The van der Waals surface area contributed by atoms with Crippen LogP contribution in [0.2, 0.25) is 0 Å². The first-order valence-corrected chi connectivity index (χ1v) is 4.07. The molecule has 0 aliphatic heterocycles. The normalized spacial score (nSPS) is 22.2. The van der Waals surface area contributed by atoms with Crippen molar-refractivity contribution >= 4 is 0 Å². The molecule has 1 unspecified atom stereocenters. The van der Waals surface area contributed by atoms with Gasteiger partial charge < -0.3 is 9.73 Å². The van der Waals surface area contributed by atoms with Crippen molar-refractivity contribution in [3.8, 4) is 0 Å². The van der Waals surface area contributed by atoms with E-state index >= 15 is 0 Å². The van der Waals surface area contributed by atoms with Gasteiger partial charge in [-0.3, -0.25) is 0 Å². The largest absolute Gasteiger partial charge is 0.466 e. The molecule has 1 atom stereocenters. The van der Waals surface area contributed by atoms with Crippen LogP contribution >= 0.6 is 0 Å². The molecule has 0 saturated heterocycles. The standard InChI is InChI=1S/C9H13NO/c1-6-5-7-8(10-2)3-4-9(7)11-6/h5,8,10H,3-4H2,1-2H3. The minimum atomic E-state index is 0.530. The lowest BCUT2D eigenvalue weighted by Gasteiger charge is -2.05. The molecular formula is C9H13NO. The van der Waals surface area contributed by atoms with E-state index in [1.807, 2.05) is 14.0 Å². The summed E-state index contributed by atoms with van der Waals surface area (Å²) < 4.78 is 5.52. The zero-order valence-electron chi connectivity index (χ0n) is 6.98. The van der Waals surface area contributed by atoms with Gasteiger partial charge in [0.1, 0.15) is 11.5 Å². The zero-order chi connectivity index (χ0) is 7.84. The number of furan rings is 1. The molecule has 0 radical (unpaired) electrons. The van der Waals surface area contributed by atoms with Gasteiger partial charge >= 0.3 is 0 Å². The number of rotatable bonds is 1. The SMILES string of the molecule is CNC1CCc2oc(C)cc21. The molecule has 2 heteroatoms. The van der Waals surface area contributed by atoms with Crippen LogP contribution in [-0.4, -0.2) is 7.05 Å². The molecule has 0 spiro atoms. The molecule has 0 bridgehead atoms. The van der Waals surface area contributed by atoms with Gasteiger partial charge in [0.15, 0.2) is 0 Å². The fourth-order valence-corrected chi connectivity index (χ4v) is 1.80. The van der Waals surface area contributed by atoms with Gasteiger partial charge in [0.25, 0.3) is 0 Å². The first kappa shape index (κ1) is 6.92. The van der Waals surface area contributed by atoms with Crippen molar-refractivity contribution in [1.82, 2.24) is 5.32 Å². The van der Waals surface area contributed by atoms with E-state index in [0.717, 1.165) is 12.2 Å². The molecular weight excluding hydrogens is 138 g/mol. The van der Waals surface area contributed by atoms with E-state index in [0.29, 0.717) is 6.04 Å². The molecule has 1 aliphatic carbocycles. The first-order chi connectivity index (χ1) is 5.31. The second kappa shape index (κ2) is 2.38. The zero-order valence-corrected chi connectivity index (χ0v) is 6.98. The van der Waals surface area contributed by atoms with Crippen molar-refractivity contribution in [3.63, 3.8) is 0 Å². The molecule has 11 heavy (non-hydrogen) atoms. The van der Waals surface area contributed by atoms with Crippen LogP contribution in [0, 0.1) is 6.92 Å². The number of aryl methyl sites for hydroxylation is 2. The van der Waals surface area contributed by atoms with Crippen molar-refractivity contribution in [2.45, 2.75) is 25.8 Å². The molecule has 2 rings (SSSR count). The van der Waals surface area contributed by atoms with Crippen LogP contribution in [0.4, 0.5) is 0 Å². The molecule has 0 fully saturated rings. The Balaban J connectivity index is 2.37. The molecule has 1 heterocycles. The van der Waals surface area contributed by atoms with Crippen molar-refractivity contribution in [2.75, 3.05) is 7.05 Å². The summed E-state index contributed by atoms with van der Waals surface area (Å²) in [6.45, 7) is 2.00. The Kier molecular flexibility index (Phi) is 1.50. The second-order valence-corrected chi connectivity index (χ2v) is 3.12. The fraction of sp³-hybridized carbons (Fsp3) is 0.556. The van der Waals surface area contributed by atoms with Crippen molar-refractivity contribution in [3.05, 3.63) is 23.2 Å². The summed E-state index contributed by atoms with van der Waals surface area (Å²) in [6.07, 6.45) is 2.28. The Bertz CT molecular complexity index is 265. The Morgan fingerprint density at radius 1 is 1.64 bits per heavy atom. The van der Waals surface area contributed by atoms with Gasteiger partial charge in [0.2, 0.25) is 0 Å². The average molecular weight is 151 g/mol. The molecule has 2 nitrogen and oxygen atoms in total. The Morgan fingerprint density at radius 3 is 3.18 bits per heavy atom. The van der Waals surface area contributed by atoms with Crippen molar-refractivity contribution in [1.29, 1.82) is 0 Å². The van der Waals surface area contributed by atoms with Gasteiger partial charge in [-0.2, -0.15) is 0 Å². The predicted octanol–water partition coefficient (Wildman–Crippen LogP) is 1.79. The number of fused-ring (bicyclic) bond motifs is 1. The van der Waals surface area contributed by atoms with Crippen LogP contribution in [0.25, 0.3) is 0 Å². The topological polar surface area (TPSA) is 25.2 Å². The predicted molar refractivity (Wildman–Crippen MR) is 43.6 cm³/mol. The van der Waals surface area contributed by atoms with Crippen LogP contribution in [0.3, 0.4) is 0 Å². The minimum Gasteiger partial charge on any atom is -0.466 e. The molecule has 60 valence electrons. The summed E-state index contributed by atoms with van der Waals surface area (Å²) in [4.78, 5) is 0. The molecule has 0 aromatic carbocycles. The highest BCUT2D eigenvalue weighted by Crippen LogP contribution is 2.32. The van der Waals surface area contributed by atoms with Crippen molar-refractivity contribution < 1.29 is 4.42 Å². The summed E-state index contributed by atoms with van der Waals surface area (Å²) in [5.41, 5.74) is 1.37. The second-order valence-electron chi connectivity index (χ2n) is 3.12. The van der Waals surface area contributed by atoms with E-state index in [2.05, 4.69) is 11.4 Å². The highest BCUT2D eigenvalue weighted by Gasteiger charge is 2.24. The lowest BCUT2D eigenvalue weighted by Crippen LogP contribution is -2.12. The maximum absolute atomic E-state index is 5.52.